The van der Waals surface area contributed by atoms with Crippen molar-refractivity contribution in [3.63, 3.8) is 0 Å². The summed E-state index contributed by atoms with van der Waals surface area (Å²) in [4.78, 5) is 0. The van der Waals surface area contributed by atoms with Gasteiger partial charge in [0, 0.05) is 5.41 Å². The van der Waals surface area contributed by atoms with E-state index < -0.39 is 0 Å². The average Bonchev–Trinajstić information content (AvgIpc) is 3.54. The van der Waals surface area contributed by atoms with Crippen LogP contribution in [-0.2, 0) is 5.41 Å². The molecule has 0 heterocycles. The minimum atomic E-state index is 0.367. The quantitative estimate of drug-likeness (QED) is 0.395. The molecule has 0 aliphatic heterocycles. The van der Waals surface area contributed by atoms with E-state index in [4.69, 9.17) is 0 Å². The molecular weight excluding hydrogens is 444 g/mol. The first kappa shape index (κ1) is 23.1. The van der Waals surface area contributed by atoms with E-state index in [9.17, 15) is 0 Å². The molecule has 0 radical (unpaired) electrons. The second-order valence-electron chi connectivity index (χ2n) is 15.0. The normalized spacial score (nSPS) is 49.0. The molecule has 37 heavy (non-hydrogen) atoms. The van der Waals surface area contributed by atoms with Gasteiger partial charge in [-0.25, -0.2) is 0 Å². The highest BCUT2D eigenvalue weighted by Crippen LogP contribution is 2.69. The van der Waals surface area contributed by atoms with Crippen molar-refractivity contribution in [3.05, 3.63) is 84.5 Å². The molecule has 0 saturated heterocycles. The molecule has 1 aromatic carbocycles. The van der Waals surface area contributed by atoms with E-state index in [0.29, 0.717) is 34.5 Å². The fraction of sp³-hybridized carbons (Fsp3) is 0.622. The van der Waals surface area contributed by atoms with E-state index in [-0.39, 0.29) is 0 Å². The molecule has 8 aliphatic rings. The molecule has 0 nitrogen and oxygen atoms in total. The van der Waals surface area contributed by atoms with Crippen LogP contribution in [0, 0.1) is 70.5 Å². The Morgan fingerprint density at radius 3 is 1.70 bits per heavy atom. The van der Waals surface area contributed by atoms with Gasteiger partial charge in [-0.1, -0.05) is 92.8 Å². The number of hydrogen-bond donors (Lipinski definition) is 0. The third kappa shape index (κ3) is 3.20. The zero-order valence-corrected chi connectivity index (χ0v) is 23.0. The molecule has 0 aromatic heterocycles. The first-order valence-electron chi connectivity index (χ1n) is 15.8. The summed E-state index contributed by atoms with van der Waals surface area (Å²) in [5, 5.41) is 0. The summed E-state index contributed by atoms with van der Waals surface area (Å²) in [5.41, 5.74) is 2.56. The van der Waals surface area contributed by atoms with Gasteiger partial charge in [0.15, 0.2) is 0 Å². The summed E-state index contributed by atoms with van der Waals surface area (Å²) >= 11 is 0. The van der Waals surface area contributed by atoms with Crippen LogP contribution in [0.1, 0.15) is 70.8 Å². The van der Waals surface area contributed by atoms with Crippen molar-refractivity contribution < 1.29 is 0 Å². The number of benzene rings is 1. The number of allylic oxidation sites excluding steroid dienone is 8. The summed E-state index contributed by atoms with van der Waals surface area (Å²) < 4.78 is 0. The Balaban J connectivity index is 1.14. The molecule has 6 fully saturated rings. The summed E-state index contributed by atoms with van der Waals surface area (Å²) in [6, 6.07) is 12.0. The maximum atomic E-state index is 2.69. The summed E-state index contributed by atoms with van der Waals surface area (Å²) in [6.45, 7) is 5.38. The molecule has 4 bridgehead atoms. The van der Waals surface area contributed by atoms with Gasteiger partial charge in [-0.2, -0.15) is 0 Å². The SMILES string of the molecule is CC(C)(C1CCC(C2(c3ccccc3)C3CC4CC(C3)CC2C4)C1)C1C2C=CC=CC2C2C=CC=CC21. The highest BCUT2D eigenvalue weighted by Gasteiger charge is 2.63. The van der Waals surface area contributed by atoms with Crippen molar-refractivity contribution in [1.82, 2.24) is 0 Å². The van der Waals surface area contributed by atoms with Gasteiger partial charge in [0.1, 0.15) is 0 Å². The van der Waals surface area contributed by atoms with Gasteiger partial charge in [0.25, 0.3) is 0 Å². The predicted molar refractivity (Wildman–Crippen MR) is 154 cm³/mol. The van der Waals surface area contributed by atoms with Crippen molar-refractivity contribution in [3.8, 4) is 0 Å². The van der Waals surface area contributed by atoms with Gasteiger partial charge in [-0.3, -0.25) is 0 Å². The summed E-state index contributed by atoms with van der Waals surface area (Å²) in [6.07, 6.45) is 31.6. The third-order valence-corrected chi connectivity index (χ3v) is 13.5. The van der Waals surface area contributed by atoms with Crippen LogP contribution in [0.4, 0.5) is 0 Å². The Kier molecular flexibility index (Phi) is 5.21. The van der Waals surface area contributed by atoms with Gasteiger partial charge >= 0.3 is 0 Å². The minimum Gasteiger partial charge on any atom is -0.0805 e. The van der Waals surface area contributed by atoms with Crippen LogP contribution < -0.4 is 0 Å². The van der Waals surface area contributed by atoms with Crippen LogP contribution in [0.25, 0.3) is 0 Å². The van der Waals surface area contributed by atoms with E-state index in [0.717, 1.165) is 41.4 Å². The van der Waals surface area contributed by atoms with E-state index in [1.54, 1.807) is 12.0 Å². The zero-order chi connectivity index (χ0) is 24.8. The van der Waals surface area contributed by atoms with Gasteiger partial charge in [-0.05, 0) is 127 Å². The second-order valence-corrected chi connectivity index (χ2v) is 15.0. The monoisotopic (exact) mass is 490 g/mol. The minimum absolute atomic E-state index is 0.367. The van der Waals surface area contributed by atoms with Crippen molar-refractivity contribution in [2.24, 2.45) is 70.5 Å². The first-order valence-corrected chi connectivity index (χ1v) is 15.8. The molecule has 0 N–H and O–H groups in total. The molecule has 8 aliphatic carbocycles. The highest BCUT2D eigenvalue weighted by molar-refractivity contribution is 5.34. The fourth-order valence-electron chi connectivity index (χ4n) is 12.4. The first-order chi connectivity index (χ1) is 18.1. The zero-order valence-electron chi connectivity index (χ0n) is 23.0. The summed E-state index contributed by atoms with van der Waals surface area (Å²) in [5.74, 6) is 9.22. The van der Waals surface area contributed by atoms with Crippen LogP contribution in [0.15, 0.2) is 78.9 Å². The molecule has 6 saturated carbocycles. The molecule has 6 unspecified atom stereocenters. The van der Waals surface area contributed by atoms with Crippen LogP contribution in [-0.4, -0.2) is 0 Å². The highest BCUT2D eigenvalue weighted by atomic mass is 14.7. The number of fused-ring (bicyclic) bond motifs is 3. The second kappa shape index (κ2) is 8.34. The lowest BCUT2D eigenvalue weighted by Gasteiger charge is -2.64. The molecular formula is C37H46. The molecule has 0 heteroatoms. The Hall–Kier alpha value is -1.82. The Morgan fingerprint density at radius 1 is 0.595 bits per heavy atom. The Labute approximate surface area is 225 Å². The van der Waals surface area contributed by atoms with E-state index in [2.05, 4.69) is 92.8 Å². The lowest BCUT2D eigenvalue weighted by Crippen LogP contribution is -2.58. The van der Waals surface area contributed by atoms with Gasteiger partial charge in [-0.15, -0.1) is 0 Å². The molecule has 194 valence electrons. The lowest BCUT2D eigenvalue weighted by atomic mass is 9.40. The van der Waals surface area contributed by atoms with Crippen LogP contribution in [0.5, 0.6) is 0 Å². The maximum Gasteiger partial charge on any atom is 0.00382 e. The molecule has 0 amide bonds. The Morgan fingerprint density at radius 2 is 1.14 bits per heavy atom. The lowest BCUT2D eigenvalue weighted by molar-refractivity contribution is -0.0901. The topological polar surface area (TPSA) is 0 Å². The van der Waals surface area contributed by atoms with Crippen LogP contribution in [0.3, 0.4) is 0 Å². The number of hydrogen-bond acceptors (Lipinski definition) is 0. The molecule has 1 aromatic rings. The summed E-state index contributed by atoms with van der Waals surface area (Å²) in [7, 11) is 0. The standard InChI is InChI=1S/C37H46/c1-36(2,35-33-14-8-6-12-31(33)32-13-7-9-15-34(32)35)27-16-17-28(23-27)37(26-10-4-3-5-11-26)29-19-24-18-25(21-29)22-30(37)20-24/h3-15,24-25,27-35H,16-23H2,1-2H3. The van der Waals surface area contributed by atoms with Gasteiger partial charge in [0.2, 0.25) is 0 Å². The number of rotatable bonds is 4. The Bertz CT molecular complexity index is 1080. The van der Waals surface area contributed by atoms with E-state index >= 15 is 0 Å². The van der Waals surface area contributed by atoms with E-state index in [1.807, 2.05) is 0 Å². The molecule has 9 rings (SSSR count). The van der Waals surface area contributed by atoms with Crippen molar-refractivity contribution in [2.75, 3.05) is 0 Å². The fourth-order valence-corrected chi connectivity index (χ4v) is 12.4. The van der Waals surface area contributed by atoms with Crippen LogP contribution in [0.2, 0.25) is 0 Å². The van der Waals surface area contributed by atoms with Gasteiger partial charge in [0.05, 0.1) is 0 Å². The molecule has 6 atom stereocenters. The maximum absolute atomic E-state index is 2.69. The largest absolute Gasteiger partial charge is 0.0805 e. The van der Waals surface area contributed by atoms with Crippen LogP contribution >= 0.6 is 0 Å². The smallest absolute Gasteiger partial charge is 0.00382 e. The predicted octanol–water partition coefficient (Wildman–Crippen LogP) is 9.17. The van der Waals surface area contributed by atoms with Crippen molar-refractivity contribution >= 4 is 0 Å². The van der Waals surface area contributed by atoms with Gasteiger partial charge < -0.3 is 0 Å². The molecule has 0 spiro atoms. The van der Waals surface area contributed by atoms with Crippen molar-refractivity contribution in [1.29, 1.82) is 0 Å². The van der Waals surface area contributed by atoms with Crippen molar-refractivity contribution in [2.45, 2.75) is 70.6 Å². The average molecular weight is 491 g/mol. The van der Waals surface area contributed by atoms with E-state index in [1.165, 1.54) is 44.9 Å². The third-order valence-electron chi connectivity index (χ3n) is 13.5.